The molecule has 5 nitrogen and oxygen atoms in total. The van der Waals surface area contributed by atoms with Gasteiger partial charge in [-0.25, -0.2) is 0 Å². The van der Waals surface area contributed by atoms with E-state index in [4.69, 9.17) is 0 Å². The second kappa shape index (κ2) is 6.54. The fourth-order valence-electron chi connectivity index (χ4n) is 3.85. The number of anilines is 1. The highest BCUT2D eigenvalue weighted by Crippen LogP contribution is 2.60. The molecule has 1 aromatic heterocycles. The molecule has 1 aliphatic heterocycles. The molecule has 1 saturated carbocycles. The smallest absolute Gasteiger partial charge is 0.226 e. The van der Waals surface area contributed by atoms with Crippen molar-refractivity contribution in [2.24, 2.45) is 17.3 Å². The second-order valence-electron chi connectivity index (χ2n) is 7.82. The molecule has 24 heavy (non-hydrogen) atoms. The van der Waals surface area contributed by atoms with Crippen molar-refractivity contribution in [1.29, 1.82) is 0 Å². The van der Waals surface area contributed by atoms with Gasteiger partial charge < -0.3 is 9.80 Å². The van der Waals surface area contributed by atoms with Crippen LogP contribution in [0.25, 0.3) is 0 Å². The number of nitrogens with zero attached hydrogens (tertiary/aromatic N) is 4. The van der Waals surface area contributed by atoms with Crippen molar-refractivity contribution in [1.82, 2.24) is 15.1 Å². The highest BCUT2D eigenvalue weighted by atomic mass is 16.2. The molecule has 1 saturated heterocycles. The Morgan fingerprint density at radius 1 is 1.25 bits per heavy atom. The summed E-state index contributed by atoms with van der Waals surface area (Å²) in [7, 11) is 0. The molecule has 3 rings (SSSR count). The number of amides is 1. The van der Waals surface area contributed by atoms with E-state index in [-0.39, 0.29) is 11.3 Å². The van der Waals surface area contributed by atoms with E-state index in [1.807, 2.05) is 12.1 Å². The molecule has 2 atom stereocenters. The zero-order valence-electron chi connectivity index (χ0n) is 15.2. The minimum atomic E-state index is 0.0885. The van der Waals surface area contributed by atoms with Gasteiger partial charge in [0.1, 0.15) is 0 Å². The first-order chi connectivity index (χ1) is 11.4. The van der Waals surface area contributed by atoms with E-state index >= 15 is 0 Å². The van der Waals surface area contributed by atoms with Gasteiger partial charge in [-0.2, -0.15) is 5.10 Å². The third-order valence-electron chi connectivity index (χ3n) is 5.38. The Balaban J connectivity index is 1.64. The topological polar surface area (TPSA) is 49.3 Å². The third kappa shape index (κ3) is 3.30. The Morgan fingerprint density at radius 3 is 2.71 bits per heavy atom. The Morgan fingerprint density at radius 2 is 2.04 bits per heavy atom. The first-order valence-corrected chi connectivity index (χ1v) is 8.87. The predicted octanol–water partition coefficient (Wildman–Crippen LogP) is 2.75. The first kappa shape index (κ1) is 16.9. The van der Waals surface area contributed by atoms with Crippen LogP contribution in [0, 0.1) is 17.3 Å². The van der Waals surface area contributed by atoms with Crippen LogP contribution in [0.15, 0.2) is 30.0 Å². The Hall–Kier alpha value is -1.91. The molecule has 0 radical (unpaired) electrons. The van der Waals surface area contributed by atoms with Crippen molar-refractivity contribution in [3.8, 4) is 0 Å². The summed E-state index contributed by atoms with van der Waals surface area (Å²) >= 11 is 0. The lowest BCUT2D eigenvalue weighted by Crippen LogP contribution is -2.37. The molecule has 0 N–H and O–H groups in total. The van der Waals surface area contributed by atoms with Gasteiger partial charge in [0.15, 0.2) is 5.82 Å². The van der Waals surface area contributed by atoms with Gasteiger partial charge in [-0.1, -0.05) is 25.5 Å². The molecule has 2 heterocycles. The Bertz CT molecular complexity index is 622. The van der Waals surface area contributed by atoms with Crippen LogP contribution in [-0.2, 0) is 4.79 Å². The molecule has 0 bridgehead atoms. The summed E-state index contributed by atoms with van der Waals surface area (Å²) in [5, 5.41) is 8.15. The van der Waals surface area contributed by atoms with Crippen molar-refractivity contribution >= 4 is 11.7 Å². The molecule has 1 aromatic rings. The number of hydrogen-bond donors (Lipinski definition) is 0. The summed E-state index contributed by atoms with van der Waals surface area (Å²) in [5.41, 5.74) is 1.39. The number of aromatic nitrogens is 2. The quantitative estimate of drug-likeness (QED) is 0.801. The van der Waals surface area contributed by atoms with Gasteiger partial charge in [0.2, 0.25) is 5.91 Å². The number of hydrogen-bond acceptors (Lipinski definition) is 4. The maximum atomic E-state index is 13.0. The normalized spacial score (nSPS) is 25.8. The monoisotopic (exact) mass is 328 g/mol. The van der Waals surface area contributed by atoms with Crippen LogP contribution in [0.5, 0.6) is 0 Å². The van der Waals surface area contributed by atoms with Crippen LogP contribution in [-0.4, -0.2) is 47.2 Å². The van der Waals surface area contributed by atoms with Gasteiger partial charge in [0.25, 0.3) is 0 Å². The molecule has 0 unspecified atom stereocenters. The Labute approximate surface area is 144 Å². The fraction of sp³-hybridized carbons (Fsp3) is 0.632. The van der Waals surface area contributed by atoms with E-state index in [9.17, 15) is 4.79 Å². The summed E-state index contributed by atoms with van der Waals surface area (Å²) in [6.07, 6.45) is 4.94. The molecule has 1 aliphatic carbocycles. The average Bonchev–Trinajstić information content (AvgIpc) is 3.17. The summed E-state index contributed by atoms with van der Waals surface area (Å²) in [6.45, 7) is 12.0. The lowest BCUT2D eigenvalue weighted by atomic mass is 10.1. The largest absolute Gasteiger partial charge is 0.353 e. The lowest BCUT2D eigenvalue weighted by molar-refractivity contribution is -0.133. The fourth-order valence-corrected chi connectivity index (χ4v) is 3.85. The van der Waals surface area contributed by atoms with Crippen LogP contribution in [0.4, 0.5) is 5.82 Å². The number of carbonyl (C=O) groups is 1. The molecule has 5 heteroatoms. The minimum Gasteiger partial charge on any atom is -0.353 e. The molecule has 0 spiro atoms. The van der Waals surface area contributed by atoms with Gasteiger partial charge in [-0.3, -0.25) is 4.79 Å². The standard InChI is InChI=1S/C19H28N4O/c1-14(2)13-15-17(19(15,3)4)18(24)23-10-6-9-22(11-12-23)16-7-5-8-20-21-16/h5,7-8,13,15,17H,6,9-12H2,1-4H3/t15-,17+/m1/s1. The summed E-state index contributed by atoms with van der Waals surface area (Å²) in [6, 6.07) is 3.90. The van der Waals surface area contributed by atoms with Gasteiger partial charge in [-0.05, 0) is 43.7 Å². The minimum absolute atomic E-state index is 0.0885. The van der Waals surface area contributed by atoms with Crippen molar-refractivity contribution in [3.05, 3.63) is 30.0 Å². The van der Waals surface area contributed by atoms with Gasteiger partial charge in [0.05, 0.1) is 5.92 Å². The SMILES string of the molecule is CC(C)=C[C@@H]1[C@@H](C(=O)N2CCCN(c3cccnn3)CC2)C1(C)C. The molecule has 0 aromatic carbocycles. The van der Waals surface area contributed by atoms with Crippen molar-refractivity contribution in [2.75, 3.05) is 31.1 Å². The molecular weight excluding hydrogens is 300 g/mol. The summed E-state index contributed by atoms with van der Waals surface area (Å²) < 4.78 is 0. The number of allylic oxidation sites excluding steroid dienone is 2. The highest BCUT2D eigenvalue weighted by molar-refractivity contribution is 5.84. The van der Waals surface area contributed by atoms with E-state index in [1.54, 1.807) is 6.20 Å². The number of rotatable bonds is 3. The molecule has 2 aliphatic rings. The van der Waals surface area contributed by atoms with Gasteiger partial charge >= 0.3 is 0 Å². The summed E-state index contributed by atoms with van der Waals surface area (Å²) in [5.74, 6) is 1.74. The van der Waals surface area contributed by atoms with Crippen LogP contribution in [0.3, 0.4) is 0 Å². The van der Waals surface area contributed by atoms with E-state index in [2.05, 4.69) is 53.8 Å². The zero-order chi connectivity index (χ0) is 17.3. The van der Waals surface area contributed by atoms with E-state index in [0.717, 1.165) is 38.4 Å². The van der Waals surface area contributed by atoms with Crippen molar-refractivity contribution in [3.63, 3.8) is 0 Å². The molecule has 1 amide bonds. The average molecular weight is 328 g/mol. The van der Waals surface area contributed by atoms with E-state index < -0.39 is 0 Å². The van der Waals surface area contributed by atoms with E-state index in [0.29, 0.717) is 11.8 Å². The van der Waals surface area contributed by atoms with Crippen molar-refractivity contribution in [2.45, 2.75) is 34.1 Å². The molecule has 2 fully saturated rings. The van der Waals surface area contributed by atoms with E-state index in [1.165, 1.54) is 5.57 Å². The van der Waals surface area contributed by atoms with Crippen LogP contribution in [0.1, 0.15) is 34.1 Å². The molecular formula is C19H28N4O. The maximum absolute atomic E-state index is 13.0. The van der Waals surface area contributed by atoms with Crippen LogP contribution < -0.4 is 4.90 Å². The lowest BCUT2D eigenvalue weighted by Gasteiger charge is -2.23. The predicted molar refractivity (Wildman–Crippen MR) is 95.6 cm³/mol. The zero-order valence-corrected chi connectivity index (χ0v) is 15.2. The van der Waals surface area contributed by atoms with Crippen LogP contribution in [0.2, 0.25) is 0 Å². The van der Waals surface area contributed by atoms with Crippen LogP contribution >= 0.6 is 0 Å². The van der Waals surface area contributed by atoms with Crippen molar-refractivity contribution < 1.29 is 4.79 Å². The first-order valence-electron chi connectivity index (χ1n) is 8.87. The maximum Gasteiger partial charge on any atom is 0.226 e. The third-order valence-corrected chi connectivity index (χ3v) is 5.38. The van der Waals surface area contributed by atoms with Gasteiger partial charge in [-0.15, -0.1) is 5.10 Å². The van der Waals surface area contributed by atoms with Gasteiger partial charge in [0, 0.05) is 32.4 Å². The molecule has 130 valence electrons. The Kier molecular flexibility index (Phi) is 4.61. The summed E-state index contributed by atoms with van der Waals surface area (Å²) in [4.78, 5) is 17.3. The number of carbonyl (C=O) groups excluding carboxylic acids is 1. The highest BCUT2D eigenvalue weighted by Gasteiger charge is 2.61. The second-order valence-corrected chi connectivity index (χ2v) is 7.82.